The fourth-order valence-corrected chi connectivity index (χ4v) is 4.06. The average molecular weight is 341 g/mol. The second kappa shape index (κ2) is 6.40. The van der Waals surface area contributed by atoms with Gasteiger partial charge in [-0.1, -0.05) is 0 Å². The number of piperazine rings is 1. The Kier molecular flexibility index (Phi) is 4.49. The summed E-state index contributed by atoms with van der Waals surface area (Å²) < 4.78 is 5.28. The zero-order valence-corrected chi connectivity index (χ0v) is 13.7. The van der Waals surface area contributed by atoms with Crippen molar-refractivity contribution in [1.82, 2.24) is 14.7 Å². The van der Waals surface area contributed by atoms with Crippen LogP contribution in [0.5, 0.6) is 0 Å². The minimum Gasteiger partial charge on any atom is -0.477 e. The third-order valence-corrected chi connectivity index (χ3v) is 5.54. The molecule has 0 spiro atoms. The number of carboxylic acid groups (broad SMARTS) is 1. The first-order chi connectivity index (χ1) is 11.0. The maximum Gasteiger partial charge on any atom is 0.410 e. The van der Waals surface area contributed by atoms with E-state index < -0.39 is 12.1 Å². The molecule has 2 amide bonds. The Morgan fingerprint density at radius 1 is 1.30 bits per heavy atom. The molecule has 126 valence electrons. The van der Waals surface area contributed by atoms with Crippen molar-refractivity contribution in [3.05, 3.63) is 11.3 Å². The Balaban J connectivity index is 1.64. The number of carbonyl (C=O) groups is 3. The van der Waals surface area contributed by atoms with Gasteiger partial charge in [-0.3, -0.25) is 9.69 Å². The summed E-state index contributed by atoms with van der Waals surface area (Å²) in [6.07, 6.45) is -0.0621. The van der Waals surface area contributed by atoms with E-state index in [9.17, 15) is 19.5 Å². The first-order valence-electron chi connectivity index (χ1n) is 7.46. The second-order valence-corrected chi connectivity index (χ2v) is 7.00. The van der Waals surface area contributed by atoms with Crippen LogP contribution in [0.2, 0.25) is 0 Å². The van der Waals surface area contributed by atoms with Crippen LogP contribution in [0.1, 0.15) is 6.42 Å². The van der Waals surface area contributed by atoms with Crippen molar-refractivity contribution in [2.75, 3.05) is 45.6 Å². The summed E-state index contributed by atoms with van der Waals surface area (Å²) in [5.41, 5.74) is 0.463. The lowest BCUT2D eigenvalue weighted by atomic mass is 10.1. The summed E-state index contributed by atoms with van der Waals surface area (Å²) in [5, 5.41) is 9.28. The summed E-state index contributed by atoms with van der Waals surface area (Å²) in [6.45, 7) is 2.69. The van der Waals surface area contributed by atoms with Crippen molar-refractivity contribution in [1.29, 1.82) is 0 Å². The first-order valence-corrected chi connectivity index (χ1v) is 8.51. The van der Waals surface area contributed by atoms with E-state index in [0.29, 0.717) is 30.8 Å². The largest absolute Gasteiger partial charge is 0.477 e. The van der Waals surface area contributed by atoms with Gasteiger partial charge in [-0.05, 0) is 7.05 Å². The van der Waals surface area contributed by atoms with Gasteiger partial charge in [0, 0.05) is 37.5 Å². The summed E-state index contributed by atoms with van der Waals surface area (Å²) in [5.74, 6) is -0.872. The highest BCUT2D eigenvalue weighted by Gasteiger charge is 2.45. The molecule has 3 rings (SSSR count). The molecule has 3 aliphatic heterocycles. The fraction of sp³-hybridized carbons (Fsp3) is 0.643. The molecule has 2 saturated heterocycles. The van der Waals surface area contributed by atoms with Crippen LogP contribution in [-0.4, -0.2) is 88.7 Å². The monoisotopic (exact) mass is 341 g/mol. The summed E-state index contributed by atoms with van der Waals surface area (Å²) in [6, 6.07) is 0. The molecule has 8 nitrogen and oxygen atoms in total. The number of β-lactam (4-membered cyclic amide) rings is 1. The van der Waals surface area contributed by atoms with Gasteiger partial charge >= 0.3 is 12.1 Å². The molecule has 0 saturated carbocycles. The van der Waals surface area contributed by atoms with Gasteiger partial charge in [0.15, 0.2) is 0 Å². The highest BCUT2D eigenvalue weighted by atomic mass is 32.2. The van der Waals surface area contributed by atoms with Crippen LogP contribution in [0.4, 0.5) is 4.79 Å². The van der Waals surface area contributed by atoms with E-state index in [1.165, 1.54) is 16.7 Å². The van der Waals surface area contributed by atoms with E-state index in [1.807, 2.05) is 7.05 Å². The number of hydrogen-bond donors (Lipinski definition) is 1. The van der Waals surface area contributed by atoms with Crippen molar-refractivity contribution in [3.63, 3.8) is 0 Å². The average Bonchev–Trinajstić information content (AvgIpc) is 2.52. The quantitative estimate of drug-likeness (QED) is 0.723. The van der Waals surface area contributed by atoms with Gasteiger partial charge in [0.05, 0.1) is 11.8 Å². The molecule has 9 heteroatoms. The summed E-state index contributed by atoms with van der Waals surface area (Å²) in [7, 11) is 1.99. The van der Waals surface area contributed by atoms with Crippen molar-refractivity contribution < 1.29 is 24.2 Å². The topological polar surface area (TPSA) is 90.4 Å². The molecule has 0 aromatic heterocycles. The Bertz CT molecular complexity index is 571. The van der Waals surface area contributed by atoms with Crippen LogP contribution in [-0.2, 0) is 14.3 Å². The number of thioether (sulfide) groups is 1. The fourth-order valence-electron chi connectivity index (χ4n) is 2.82. The normalized spacial score (nSPS) is 25.1. The van der Waals surface area contributed by atoms with Gasteiger partial charge in [-0.25, -0.2) is 9.59 Å². The van der Waals surface area contributed by atoms with E-state index in [0.717, 1.165) is 13.1 Å². The minimum atomic E-state index is -1.14. The molecule has 23 heavy (non-hydrogen) atoms. The molecule has 1 N–H and O–H groups in total. The lowest BCUT2D eigenvalue weighted by Gasteiger charge is -2.43. The Morgan fingerprint density at radius 2 is 2.00 bits per heavy atom. The number of carbonyl (C=O) groups excluding carboxylic acids is 2. The number of likely N-dealkylation sites (N-methyl/N-ethyl adjacent to an activating group) is 1. The molecule has 0 unspecified atom stereocenters. The Labute approximate surface area is 138 Å². The summed E-state index contributed by atoms with van der Waals surface area (Å²) in [4.78, 5) is 40.2. The lowest BCUT2D eigenvalue weighted by Crippen LogP contribution is -2.54. The van der Waals surface area contributed by atoms with Crippen LogP contribution < -0.4 is 0 Å². The Morgan fingerprint density at radius 3 is 2.61 bits per heavy atom. The number of nitrogens with zero attached hydrogens (tertiary/aromatic N) is 3. The van der Waals surface area contributed by atoms with Gasteiger partial charge in [0.25, 0.3) is 0 Å². The van der Waals surface area contributed by atoms with Crippen LogP contribution in [0.15, 0.2) is 11.3 Å². The first kappa shape index (κ1) is 16.1. The number of aliphatic carboxylic acids is 1. The molecule has 0 aromatic rings. The standard InChI is InChI=1S/C14H19N3O5S/c1-15-2-4-16(5-3-15)14(21)22-7-9-8-23-11-6-10(18)17(11)12(9)13(19)20/h11H,2-8H2,1H3,(H,19,20)/t11-/m0/s1. The lowest BCUT2D eigenvalue weighted by molar-refractivity contribution is -0.146. The highest BCUT2D eigenvalue weighted by molar-refractivity contribution is 8.00. The zero-order chi connectivity index (χ0) is 16.6. The highest BCUT2D eigenvalue weighted by Crippen LogP contribution is 2.39. The number of amides is 2. The maximum atomic E-state index is 12.1. The Hall–Kier alpha value is -1.74. The molecule has 2 fully saturated rings. The van der Waals surface area contributed by atoms with Crippen molar-refractivity contribution in [2.24, 2.45) is 0 Å². The number of rotatable bonds is 3. The second-order valence-electron chi connectivity index (χ2n) is 5.84. The minimum absolute atomic E-state index is 0.0174. The molecule has 3 heterocycles. The van der Waals surface area contributed by atoms with Crippen LogP contribution >= 0.6 is 11.8 Å². The predicted molar refractivity (Wildman–Crippen MR) is 82.8 cm³/mol. The van der Waals surface area contributed by atoms with Crippen LogP contribution in [0.3, 0.4) is 0 Å². The number of carboxylic acids is 1. The van der Waals surface area contributed by atoms with Crippen molar-refractivity contribution in [2.45, 2.75) is 11.8 Å². The van der Waals surface area contributed by atoms with E-state index in [4.69, 9.17) is 4.74 Å². The van der Waals surface area contributed by atoms with Crippen LogP contribution in [0.25, 0.3) is 0 Å². The van der Waals surface area contributed by atoms with Gasteiger partial charge < -0.3 is 19.6 Å². The van der Waals surface area contributed by atoms with Crippen LogP contribution in [0, 0.1) is 0 Å². The van der Waals surface area contributed by atoms with Gasteiger partial charge in [0.1, 0.15) is 12.3 Å². The summed E-state index contributed by atoms with van der Waals surface area (Å²) >= 11 is 1.51. The molecule has 0 bridgehead atoms. The van der Waals surface area contributed by atoms with E-state index in [1.54, 1.807) is 4.90 Å². The number of ether oxygens (including phenoxy) is 1. The van der Waals surface area contributed by atoms with Crippen molar-refractivity contribution in [3.8, 4) is 0 Å². The number of hydrogen-bond acceptors (Lipinski definition) is 6. The predicted octanol–water partition coefficient (Wildman–Crippen LogP) is 0.0143. The zero-order valence-electron chi connectivity index (χ0n) is 12.9. The van der Waals surface area contributed by atoms with Gasteiger partial charge in [0.2, 0.25) is 5.91 Å². The van der Waals surface area contributed by atoms with E-state index in [-0.39, 0.29) is 23.6 Å². The van der Waals surface area contributed by atoms with E-state index in [2.05, 4.69) is 4.90 Å². The molecule has 1 atom stereocenters. The molecular weight excluding hydrogens is 322 g/mol. The molecule has 3 aliphatic rings. The van der Waals surface area contributed by atoms with Gasteiger partial charge in [-0.2, -0.15) is 0 Å². The van der Waals surface area contributed by atoms with E-state index >= 15 is 0 Å². The SMILES string of the molecule is CN1CCN(C(=O)OCC2=C(C(=O)O)N3C(=O)C[C@@H]3SC2)CC1. The number of fused-ring (bicyclic) bond motifs is 1. The van der Waals surface area contributed by atoms with Crippen molar-refractivity contribution >= 4 is 29.7 Å². The molecule has 0 aromatic carbocycles. The molecule has 0 aliphatic carbocycles. The molecular formula is C14H19N3O5S. The maximum absolute atomic E-state index is 12.1. The smallest absolute Gasteiger partial charge is 0.410 e. The third kappa shape index (κ3) is 3.16. The van der Waals surface area contributed by atoms with Gasteiger partial charge in [-0.15, -0.1) is 11.8 Å². The molecule has 0 radical (unpaired) electrons. The third-order valence-electron chi connectivity index (χ3n) is 4.27.